The van der Waals surface area contributed by atoms with Crippen LogP contribution in [0.25, 0.3) is 0 Å². The molecule has 0 spiro atoms. The van der Waals surface area contributed by atoms with Crippen LogP contribution in [-0.4, -0.2) is 19.9 Å². The van der Waals surface area contributed by atoms with Gasteiger partial charge in [0.1, 0.15) is 23.3 Å². The first-order chi connectivity index (χ1) is 14.4. The number of aromatic nitrogens is 1. The number of anilines is 2. The average molecular weight is 420 g/mol. The number of nitrogens with zero attached hydrogens (tertiary/aromatic N) is 4. The quantitative estimate of drug-likeness (QED) is 0.563. The van der Waals surface area contributed by atoms with Gasteiger partial charge < -0.3 is 11.1 Å². The van der Waals surface area contributed by atoms with E-state index in [1.54, 1.807) is 43.3 Å². The number of nitrogens with one attached hydrogen (secondary N) is 1. The zero-order valence-corrected chi connectivity index (χ0v) is 17.3. The lowest BCUT2D eigenvalue weighted by Gasteiger charge is -2.11. The fourth-order valence-corrected chi connectivity index (χ4v) is 4.28. The van der Waals surface area contributed by atoms with Gasteiger partial charge >= 0.3 is 0 Å². The highest BCUT2D eigenvalue weighted by molar-refractivity contribution is 7.91. The summed E-state index contributed by atoms with van der Waals surface area (Å²) in [6, 6.07) is 16.5. The molecule has 9 heteroatoms. The van der Waals surface area contributed by atoms with Crippen molar-refractivity contribution in [3.05, 3.63) is 65.7 Å². The number of rotatable bonds is 6. The van der Waals surface area contributed by atoms with Gasteiger partial charge in [-0.05, 0) is 38.1 Å². The molecule has 1 heterocycles. The van der Waals surface area contributed by atoms with Gasteiger partial charge in [-0.25, -0.2) is 13.4 Å². The van der Waals surface area contributed by atoms with E-state index in [1.165, 1.54) is 18.2 Å². The Bertz CT molecular complexity index is 1250. The molecule has 0 aliphatic rings. The molecule has 152 valence electrons. The van der Waals surface area contributed by atoms with Gasteiger partial charge in [0.25, 0.3) is 0 Å². The molecule has 0 bridgehead atoms. The normalized spacial score (nSPS) is 11.4. The molecule has 0 amide bonds. The first-order valence-corrected chi connectivity index (χ1v) is 10.6. The van der Waals surface area contributed by atoms with Crippen molar-refractivity contribution in [2.75, 3.05) is 17.6 Å². The Labute approximate surface area is 175 Å². The Balaban J connectivity index is 2.13. The van der Waals surface area contributed by atoms with E-state index >= 15 is 0 Å². The SMILES string of the molecule is CCNc1nc(N)c(C#N)c(C)c1N=Nc1ccccc1S(=O)(=O)c1ccccc1. The predicted octanol–water partition coefficient (Wildman–Crippen LogP) is 4.52. The molecular weight excluding hydrogens is 400 g/mol. The van der Waals surface area contributed by atoms with Crippen LogP contribution in [-0.2, 0) is 9.84 Å². The van der Waals surface area contributed by atoms with Crippen molar-refractivity contribution in [3.63, 3.8) is 0 Å². The molecule has 30 heavy (non-hydrogen) atoms. The summed E-state index contributed by atoms with van der Waals surface area (Å²) in [5.74, 6) is 0.468. The van der Waals surface area contributed by atoms with Gasteiger partial charge in [0.15, 0.2) is 5.82 Å². The van der Waals surface area contributed by atoms with Gasteiger partial charge in [0, 0.05) is 12.1 Å². The molecule has 0 aliphatic carbocycles. The molecule has 0 atom stereocenters. The van der Waals surface area contributed by atoms with Gasteiger partial charge in [-0.15, -0.1) is 10.2 Å². The first kappa shape index (κ1) is 21.0. The molecule has 0 aliphatic heterocycles. The number of sulfone groups is 1. The van der Waals surface area contributed by atoms with E-state index in [-0.39, 0.29) is 26.9 Å². The van der Waals surface area contributed by atoms with Crippen molar-refractivity contribution in [2.45, 2.75) is 23.6 Å². The largest absolute Gasteiger partial charge is 0.383 e. The third-order valence-electron chi connectivity index (χ3n) is 4.36. The average Bonchev–Trinajstić information content (AvgIpc) is 2.74. The second-order valence-corrected chi connectivity index (χ2v) is 8.24. The van der Waals surface area contributed by atoms with E-state index in [1.807, 2.05) is 13.0 Å². The summed E-state index contributed by atoms with van der Waals surface area (Å²) >= 11 is 0. The second kappa shape index (κ2) is 8.71. The monoisotopic (exact) mass is 420 g/mol. The van der Waals surface area contributed by atoms with E-state index in [0.717, 1.165) is 0 Å². The van der Waals surface area contributed by atoms with Crippen LogP contribution in [0.1, 0.15) is 18.1 Å². The summed E-state index contributed by atoms with van der Waals surface area (Å²) in [6.45, 7) is 4.13. The maximum Gasteiger partial charge on any atom is 0.208 e. The summed E-state index contributed by atoms with van der Waals surface area (Å²) in [5.41, 5.74) is 7.08. The predicted molar refractivity (Wildman–Crippen MR) is 115 cm³/mol. The van der Waals surface area contributed by atoms with E-state index in [0.29, 0.717) is 23.6 Å². The number of benzene rings is 2. The van der Waals surface area contributed by atoms with Crippen molar-refractivity contribution in [1.29, 1.82) is 5.26 Å². The minimum atomic E-state index is -3.78. The van der Waals surface area contributed by atoms with Gasteiger partial charge in [0.2, 0.25) is 9.84 Å². The molecule has 3 aromatic rings. The zero-order valence-electron chi connectivity index (χ0n) is 16.5. The van der Waals surface area contributed by atoms with Crippen LogP contribution >= 0.6 is 0 Å². The smallest absolute Gasteiger partial charge is 0.208 e. The molecule has 0 saturated heterocycles. The summed E-state index contributed by atoms with van der Waals surface area (Å²) in [7, 11) is -3.78. The number of hydrogen-bond acceptors (Lipinski definition) is 8. The second-order valence-electron chi connectivity index (χ2n) is 6.32. The molecule has 0 radical (unpaired) electrons. The number of nitrogen functional groups attached to an aromatic ring is 1. The van der Waals surface area contributed by atoms with Crippen molar-refractivity contribution >= 4 is 32.8 Å². The minimum Gasteiger partial charge on any atom is -0.383 e. The molecule has 0 fully saturated rings. The topological polar surface area (TPSA) is 134 Å². The summed E-state index contributed by atoms with van der Waals surface area (Å²) in [5, 5.41) is 20.8. The molecule has 8 nitrogen and oxygen atoms in total. The number of hydrogen-bond donors (Lipinski definition) is 2. The number of nitrogens with two attached hydrogens (primary N) is 1. The fourth-order valence-electron chi connectivity index (χ4n) is 2.87. The third kappa shape index (κ3) is 3.99. The Kier molecular flexibility index (Phi) is 6.09. The zero-order chi connectivity index (χ0) is 21.7. The lowest BCUT2D eigenvalue weighted by Crippen LogP contribution is -2.05. The van der Waals surface area contributed by atoms with Crippen LogP contribution in [0.15, 0.2) is 74.6 Å². The lowest BCUT2D eigenvalue weighted by atomic mass is 10.1. The van der Waals surface area contributed by atoms with Crippen molar-refractivity contribution in [1.82, 2.24) is 4.98 Å². The standard InChI is InChI=1S/C21H20N6O2S/c1-3-24-21-19(14(2)16(13-22)20(23)25-21)27-26-17-11-7-8-12-18(17)30(28,29)15-9-5-4-6-10-15/h4-12H,3H2,1-2H3,(H3,23,24,25). The van der Waals surface area contributed by atoms with Gasteiger partial charge in [0.05, 0.1) is 15.4 Å². The maximum atomic E-state index is 13.1. The van der Waals surface area contributed by atoms with Crippen molar-refractivity contribution < 1.29 is 8.42 Å². The van der Waals surface area contributed by atoms with Gasteiger partial charge in [-0.1, -0.05) is 30.3 Å². The first-order valence-electron chi connectivity index (χ1n) is 9.15. The highest BCUT2D eigenvalue weighted by Crippen LogP contribution is 2.35. The Morgan fingerprint density at radius 1 is 1.10 bits per heavy atom. The van der Waals surface area contributed by atoms with Gasteiger partial charge in [-0.2, -0.15) is 5.26 Å². The molecule has 0 saturated carbocycles. The van der Waals surface area contributed by atoms with Crippen LogP contribution in [0.5, 0.6) is 0 Å². The van der Waals surface area contributed by atoms with Gasteiger partial charge in [-0.3, -0.25) is 0 Å². The van der Waals surface area contributed by atoms with E-state index in [9.17, 15) is 13.7 Å². The Morgan fingerprint density at radius 3 is 2.43 bits per heavy atom. The maximum absolute atomic E-state index is 13.1. The van der Waals surface area contributed by atoms with Crippen LogP contribution in [0, 0.1) is 18.3 Å². The molecule has 3 N–H and O–H groups in total. The number of pyridine rings is 1. The van der Waals surface area contributed by atoms with E-state index in [2.05, 4.69) is 20.5 Å². The molecule has 0 unspecified atom stereocenters. The minimum absolute atomic E-state index is 0.0338. The van der Waals surface area contributed by atoms with E-state index in [4.69, 9.17) is 5.73 Å². The number of nitriles is 1. The van der Waals surface area contributed by atoms with E-state index < -0.39 is 9.84 Å². The Hall–Kier alpha value is -3.77. The molecular formula is C21H20N6O2S. The fraction of sp³-hybridized carbons (Fsp3) is 0.143. The summed E-state index contributed by atoms with van der Waals surface area (Å²) in [4.78, 5) is 4.40. The summed E-state index contributed by atoms with van der Waals surface area (Å²) in [6.07, 6.45) is 0. The summed E-state index contributed by atoms with van der Waals surface area (Å²) < 4.78 is 26.1. The third-order valence-corrected chi connectivity index (χ3v) is 6.18. The Morgan fingerprint density at radius 2 is 1.77 bits per heavy atom. The van der Waals surface area contributed by atoms with Crippen LogP contribution < -0.4 is 11.1 Å². The highest BCUT2D eigenvalue weighted by Gasteiger charge is 2.21. The van der Waals surface area contributed by atoms with Crippen molar-refractivity contribution in [2.24, 2.45) is 10.2 Å². The van der Waals surface area contributed by atoms with Crippen molar-refractivity contribution in [3.8, 4) is 6.07 Å². The molecule has 1 aromatic heterocycles. The lowest BCUT2D eigenvalue weighted by molar-refractivity contribution is 0.596. The molecule has 2 aromatic carbocycles. The molecule has 3 rings (SSSR count). The van der Waals surface area contributed by atoms with Crippen LogP contribution in [0.3, 0.4) is 0 Å². The number of azo groups is 1. The van der Waals surface area contributed by atoms with Crippen LogP contribution in [0.2, 0.25) is 0 Å². The van der Waals surface area contributed by atoms with Crippen LogP contribution in [0.4, 0.5) is 23.0 Å². The highest BCUT2D eigenvalue weighted by atomic mass is 32.2.